The predicted molar refractivity (Wildman–Crippen MR) is 241 cm³/mol. The standard InChI is InChI=1S/4C12H8N2.2Cu.19O.6W/c4*1-3-9-5-6-10-4-2-8-14-12(10)11(9)13-7-1;;;;;;;;;;;;;;;;;;;;;;;;;;;/h4*1-8H;;;;;;;;;;;;;;;;;;;;;;;;;;;/q;;;;2*+2;19*-2;;;;;;. The van der Waals surface area contributed by atoms with E-state index in [4.69, 9.17) is 0 Å². The maximum atomic E-state index is 4.35. The molecule has 0 aliphatic heterocycles. The molecule has 83 heavy (non-hydrogen) atoms. The van der Waals surface area contributed by atoms with Crippen LogP contribution < -0.4 is 0 Å². The average molecular weight is 2250 g/mol. The van der Waals surface area contributed by atoms with Gasteiger partial charge in [0, 0.05) is 219 Å². The monoisotopic (exact) mass is 2250 g/mol. The molecule has 0 aliphatic carbocycles. The second-order valence-electron chi connectivity index (χ2n) is 12.9. The van der Waals surface area contributed by atoms with Crippen molar-refractivity contribution in [2.45, 2.75) is 0 Å². The van der Waals surface area contributed by atoms with Gasteiger partial charge in [0.2, 0.25) is 0 Å². The van der Waals surface area contributed by atoms with Crippen LogP contribution >= 0.6 is 0 Å². The van der Waals surface area contributed by atoms with Crippen LogP contribution in [-0.2, 0) is 265 Å². The van der Waals surface area contributed by atoms with Crippen molar-refractivity contribution in [3.63, 3.8) is 0 Å². The van der Waals surface area contributed by atoms with Gasteiger partial charge < -0.3 is 104 Å². The Balaban J connectivity index is -0.0000000349. The second-order valence-corrected chi connectivity index (χ2v) is 12.9. The summed E-state index contributed by atoms with van der Waals surface area (Å²) in [5.41, 5.74) is 7.82. The zero-order chi connectivity index (χ0) is 37.5. The number of hydrogen-bond donors (Lipinski definition) is 0. The molecule has 0 amide bonds. The van der Waals surface area contributed by atoms with Crippen molar-refractivity contribution >= 4 is 87.2 Å². The van der Waals surface area contributed by atoms with Gasteiger partial charge in [-0.15, -0.1) is 0 Å². The topological polar surface area (TPSA) is 645 Å². The van der Waals surface area contributed by atoms with E-state index in [0.29, 0.717) is 0 Å². The third-order valence-corrected chi connectivity index (χ3v) is 9.38. The number of pyridine rings is 8. The summed E-state index contributed by atoms with van der Waals surface area (Å²) in [6.45, 7) is 0. The van der Waals surface area contributed by atoms with Gasteiger partial charge in [0.1, 0.15) is 0 Å². The molecule has 0 spiro atoms. The van der Waals surface area contributed by atoms with Crippen LogP contribution in [0.2, 0.25) is 0 Å². The third kappa shape index (κ3) is 31.7. The zero-order valence-corrected chi connectivity index (χ0v) is 60.3. The van der Waals surface area contributed by atoms with Gasteiger partial charge in [-0.25, -0.2) is 0 Å². The largest absolute Gasteiger partial charge is 2.00 e. The molecule has 8 aromatic heterocycles. The van der Waals surface area contributed by atoms with E-state index in [1.807, 2.05) is 48.5 Å². The van der Waals surface area contributed by atoms with Gasteiger partial charge >= 0.3 is 34.1 Å². The Labute approximate surface area is 580 Å². The molecule has 0 atom stereocenters. The van der Waals surface area contributed by atoms with Gasteiger partial charge in [-0.3, -0.25) is 39.9 Å². The van der Waals surface area contributed by atoms with Crippen molar-refractivity contribution in [3.8, 4) is 0 Å². The number of benzene rings is 4. The number of nitrogens with zero attached hydrogens (tertiary/aromatic N) is 8. The van der Waals surface area contributed by atoms with Crippen LogP contribution in [-0.4, -0.2) is 39.9 Å². The number of hydrogen-bond acceptors (Lipinski definition) is 8. The molecule has 0 saturated carbocycles. The van der Waals surface area contributed by atoms with Gasteiger partial charge in [-0.2, -0.15) is 0 Å². The van der Waals surface area contributed by atoms with Gasteiger partial charge in [-0.1, -0.05) is 97.1 Å². The maximum Gasteiger partial charge on any atom is 2.00 e. The van der Waals surface area contributed by atoms with Gasteiger partial charge in [0.15, 0.2) is 0 Å². The quantitative estimate of drug-likeness (QED) is 0.104. The first kappa shape index (κ1) is 134. The van der Waals surface area contributed by atoms with E-state index in [0.717, 1.165) is 87.2 Å². The Hall–Kier alpha value is -3.43. The fourth-order valence-corrected chi connectivity index (χ4v) is 6.72. The molecular weight excluding hydrogens is 2220 g/mol. The SMILES string of the molecule is [Cu+2].[Cu+2].[O-2].[O-2].[O-2].[O-2].[O-2].[O-2].[O-2].[O-2].[O-2].[O-2].[O-2].[O-2].[O-2].[O-2].[O-2].[O-2].[O-2].[O-2].[O-2].[W].[W].[W].[W].[W].[W].c1cnc2c(c1)ccc1cccnc12.c1cnc2c(c1)ccc1cccnc12.c1cnc2c(c1)ccc1cccnc12.c1cnc2c(c1)ccc1cccnc12. The first-order valence-corrected chi connectivity index (χ1v) is 18.1. The van der Waals surface area contributed by atoms with E-state index in [-0.39, 0.29) is 265 Å². The summed E-state index contributed by atoms with van der Waals surface area (Å²) < 4.78 is 0. The maximum absolute atomic E-state index is 4.35. The zero-order valence-electron chi connectivity index (χ0n) is 40.9. The number of rotatable bonds is 0. The Morgan fingerprint density at radius 2 is 0.229 bits per heavy atom. The molecule has 8 heterocycles. The molecule has 12 aromatic rings. The molecule has 470 valence electrons. The van der Waals surface area contributed by atoms with E-state index < -0.39 is 0 Å². The first-order valence-electron chi connectivity index (χ1n) is 18.1. The molecule has 35 heteroatoms. The van der Waals surface area contributed by atoms with Crippen molar-refractivity contribution in [3.05, 3.63) is 195 Å². The van der Waals surface area contributed by atoms with Crippen molar-refractivity contribution in [1.82, 2.24) is 39.9 Å². The van der Waals surface area contributed by atoms with Crippen molar-refractivity contribution in [2.24, 2.45) is 0 Å². The van der Waals surface area contributed by atoms with Gasteiger partial charge in [0.05, 0.1) is 44.1 Å². The second kappa shape index (κ2) is 66.1. The van der Waals surface area contributed by atoms with Gasteiger partial charge in [0.25, 0.3) is 0 Å². The van der Waals surface area contributed by atoms with Crippen LogP contribution in [0.1, 0.15) is 0 Å². The molecule has 0 fully saturated rings. The number of aromatic nitrogens is 8. The summed E-state index contributed by atoms with van der Waals surface area (Å²) in [5.74, 6) is 0. The molecule has 0 N–H and O–H groups in total. The first-order chi connectivity index (χ1) is 27.8. The molecular formula is C48H32Cu2N8O19W6-34. The summed E-state index contributed by atoms with van der Waals surface area (Å²) in [7, 11) is 0. The molecule has 4 aromatic carbocycles. The fraction of sp³-hybridized carbons (Fsp3) is 0. The summed E-state index contributed by atoms with van der Waals surface area (Å²) in [6.07, 6.45) is 14.4. The molecule has 12 rings (SSSR count). The Morgan fingerprint density at radius 1 is 0.145 bits per heavy atom. The van der Waals surface area contributed by atoms with Crippen LogP contribution in [0, 0.1) is 0 Å². The summed E-state index contributed by atoms with van der Waals surface area (Å²) in [6, 6.07) is 48.6. The Kier molecular flexibility index (Phi) is 107. The minimum Gasteiger partial charge on any atom is -2.00 e. The molecule has 27 nitrogen and oxygen atoms in total. The fourth-order valence-electron chi connectivity index (χ4n) is 6.72. The summed E-state index contributed by atoms with van der Waals surface area (Å²) in [4.78, 5) is 34.8. The average Bonchev–Trinajstić information content (AvgIpc) is 3.29. The van der Waals surface area contributed by atoms with Crippen LogP contribution in [0.15, 0.2) is 195 Å². The Bertz CT molecular complexity index is 2740. The molecule has 0 aliphatic rings. The molecule has 0 bridgehead atoms. The Morgan fingerprint density at radius 3 is 0.313 bits per heavy atom. The smallest absolute Gasteiger partial charge is 2.00 e. The van der Waals surface area contributed by atoms with Crippen LogP contribution in [0.4, 0.5) is 0 Å². The van der Waals surface area contributed by atoms with Crippen LogP contribution in [0.5, 0.6) is 0 Å². The molecule has 2 radical (unpaired) electrons. The normalized spacial score (nSPS) is 7.33. The van der Waals surface area contributed by atoms with Crippen molar-refractivity contribution in [1.29, 1.82) is 0 Å². The molecule has 0 saturated heterocycles. The van der Waals surface area contributed by atoms with E-state index in [1.165, 1.54) is 0 Å². The van der Waals surface area contributed by atoms with E-state index >= 15 is 0 Å². The minimum atomic E-state index is 0. The van der Waals surface area contributed by atoms with E-state index in [1.54, 1.807) is 49.6 Å². The minimum absolute atomic E-state index is 0. The van der Waals surface area contributed by atoms with E-state index in [9.17, 15) is 0 Å². The van der Waals surface area contributed by atoms with Crippen molar-refractivity contribution in [2.75, 3.05) is 0 Å². The van der Waals surface area contributed by atoms with E-state index in [2.05, 4.69) is 137 Å². The van der Waals surface area contributed by atoms with Gasteiger partial charge in [-0.05, 0) is 48.5 Å². The predicted octanol–water partition coefficient (Wildman–Crippen LogP) is 8.85. The summed E-state index contributed by atoms with van der Waals surface area (Å²) in [5, 5.41) is 9.10. The third-order valence-electron chi connectivity index (χ3n) is 9.38. The van der Waals surface area contributed by atoms with Crippen LogP contribution in [0.25, 0.3) is 87.2 Å². The summed E-state index contributed by atoms with van der Waals surface area (Å²) >= 11 is 0. The molecule has 0 unspecified atom stereocenters. The van der Waals surface area contributed by atoms with Crippen LogP contribution in [0.3, 0.4) is 0 Å². The van der Waals surface area contributed by atoms with Crippen molar-refractivity contribution < 1.29 is 265 Å². The number of fused-ring (bicyclic) bond motifs is 12.